The van der Waals surface area contributed by atoms with E-state index in [0.717, 1.165) is 44.1 Å². The van der Waals surface area contributed by atoms with E-state index in [2.05, 4.69) is 38.8 Å². The summed E-state index contributed by atoms with van der Waals surface area (Å²) in [7, 11) is -4.75. The summed E-state index contributed by atoms with van der Waals surface area (Å²) < 4.78 is 38.6. The molecular formula is C30H51N4O5S-. The first-order chi connectivity index (χ1) is 18.7. The summed E-state index contributed by atoms with van der Waals surface area (Å²) in [6.45, 7) is 11.2. The Bertz CT molecular complexity index is 1080. The number of nitrogens with zero attached hydrogens (tertiary/aromatic N) is 2. The fourth-order valence-corrected chi connectivity index (χ4v) is 7.48. The molecule has 40 heavy (non-hydrogen) atoms. The molecule has 1 saturated carbocycles. The molecule has 0 saturated heterocycles. The Labute approximate surface area is 241 Å². The van der Waals surface area contributed by atoms with Gasteiger partial charge in [-0.3, -0.25) is 14.0 Å². The van der Waals surface area contributed by atoms with Gasteiger partial charge in [-0.05, 0) is 99.2 Å². The van der Waals surface area contributed by atoms with Crippen molar-refractivity contribution in [3.63, 3.8) is 0 Å². The van der Waals surface area contributed by atoms with Gasteiger partial charge in [-0.25, -0.2) is 8.42 Å². The van der Waals surface area contributed by atoms with Gasteiger partial charge in [-0.2, -0.15) is 0 Å². The summed E-state index contributed by atoms with van der Waals surface area (Å²) in [5.41, 5.74) is 13.4. The molecule has 3 rings (SSSR count). The first-order valence-electron chi connectivity index (χ1n) is 15.1. The number of amides is 1. The zero-order valence-electron chi connectivity index (χ0n) is 25.0. The van der Waals surface area contributed by atoms with Crippen molar-refractivity contribution in [1.82, 2.24) is 4.90 Å². The molecule has 1 aliphatic heterocycles. The van der Waals surface area contributed by atoms with Crippen LogP contribution in [0.3, 0.4) is 0 Å². The molecule has 1 heterocycles. The van der Waals surface area contributed by atoms with Crippen molar-refractivity contribution in [3.8, 4) is 0 Å². The van der Waals surface area contributed by atoms with Crippen molar-refractivity contribution >= 4 is 22.3 Å². The molecule has 0 spiro atoms. The second-order valence-electron chi connectivity index (χ2n) is 13.1. The Morgan fingerprint density at radius 1 is 1.18 bits per heavy atom. The molecular weight excluding hydrogens is 528 g/mol. The van der Waals surface area contributed by atoms with Crippen molar-refractivity contribution in [2.45, 2.75) is 98.3 Å². The predicted molar refractivity (Wildman–Crippen MR) is 158 cm³/mol. The summed E-state index contributed by atoms with van der Waals surface area (Å²) in [5, 5.41) is 0. The predicted octanol–water partition coefficient (Wildman–Crippen LogP) is 4.65. The van der Waals surface area contributed by atoms with Gasteiger partial charge in [0.05, 0.1) is 6.61 Å². The number of unbranched alkanes of at least 4 members (excludes halogenated alkanes) is 1. The van der Waals surface area contributed by atoms with E-state index in [1.807, 2.05) is 11.0 Å². The third-order valence-corrected chi connectivity index (χ3v) is 10.4. The Kier molecular flexibility index (Phi) is 11.3. The number of carbonyl (C=O) groups is 1. The van der Waals surface area contributed by atoms with Gasteiger partial charge in [0.25, 0.3) is 0 Å². The van der Waals surface area contributed by atoms with Crippen LogP contribution >= 0.6 is 0 Å². The van der Waals surface area contributed by atoms with Gasteiger partial charge >= 0.3 is 0 Å². The van der Waals surface area contributed by atoms with Gasteiger partial charge in [0.15, 0.2) is 5.96 Å². The molecule has 4 atom stereocenters. The zero-order valence-corrected chi connectivity index (χ0v) is 25.8. The van der Waals surface area contributed by atoms with E-state index in [-0.39, 0.29) is 29.8 Å². The summed E-state index contributed by atoms with van der Waals surface area (Å²) in [6.07, 6.45) is 14.7. The zero-order chi connectivity index (χ0) is 29.6. The maximum atomic E-state index is 12.8. The number of guanidine groups is 1. The molecule has 0 aromatic heterocycles. The summed E-state index contributed by atoms with van der Waals surface area (Å²) in [6, 6.07) is 0. The topological polar surface area (TPSA) is 151 Å². The monoisotopic (exact) mass is 579 g/mol. The maximum absolute atomic E-state index is 12.8. The van der Waals surface area contributed by atoms with Crippen LogP contribution in [0.1, 0.15) is 98.3 Å². The quantitative estimate of drug-likeness (QED) is 0.0715. The van der Waals surface area contributed by atoms with Crippen LogP contribution in [0.25, 0.3) is 0 Å². The highest BCUT2D eigenvalue weighted by Gasteiger charge is 2.47. The summed E-state index contributed by atoms with van der Waals surface area (Å²) in [5.74, 6) is 1.22. The minimum Gasteiger partial charge on any atom is -0.726 e. The first kappa shape index (κ1) is 32.6. The average molecular weight is 580 g/mol. The van der Waals surface area contributed by atoms with E-state index in [0.29, 0.717) is 49.7 Å². The van der Waals surface area contributed by atoms with Crippen LogP contribution in [0, 0.1) is 28.6 Å². The lowest BCUT2D eigenvalue weighted by Crippen LogP contribution is -2.43. The second-order valence-corrected chi connectivity index (χ2v) is 14.2. The first-order valence-corrected chi connectivity index (χ1v) is 16.4. The highest BCUT2D eigenvalue weighted by Crippen LogP contribution is 2.58. The fourth-order valence-electron chi connectivity index (χ4n) is 7.12. The van der Waals surface area contributed by atoms with Gasteiger partial charge < -0.3 is 20.9 Å². The van der Waals surface area contributed by atoms with Gasteiger partial charge in [-0.15, -0.1) is 0 Å². The number of aliphatic imine (C=N–C) groups is 1. The number of nitrogens with two attached hydrogens (primary N) is 2. The van der Waals surface area contributed by atoms with Gasteiger partial charge in [0.2, 0.25) is 16.3 Å². The molecule has 1 amide bonds. The molecule has 3 aliphatic rings. The number of rotatable bonds is 15. The summed E-state index contributed by atoms with van der Waals surface area (Å²) >= 11 is 0. The van der Waals surface area contributed by atoms with Crippen molar-refractivity contribution in [2.75, 3.05) is 26.2 Å². The van der Waals surface area contributed by atoms with Crippen LogP contribution in [-0.4, -0.2) is 56.0 Å². The van der Waals surface area contributed by atoms with Crippen LogP contribution in [0.2, 0.25) is 0 Å². The average Bonchev–Trinajstić information content (AvgIpc) is 3.21. The van der Waals surface area contributed by atoms with Crippen LogP contribution < -0.4 is 11.5 Å². The molecule has 0 bridgehead atoms. The third-order valence-electron chi connectivity index (χ3n) is 9.94. The Morgan fingerprint density at radius 2 is 1.93 bits per heavy atom. The Hall–Kier alpha value is -1.91. The third kappa shape index (κ3) is 8.79. The lowest BCUT2D eigenvalue weighted by atomic mass is 9.52. The highest BCUT2D eigenvalue weighted by atomic mass is 32.3. The van der Waals surface area contributed by atoms with Crippen molar-refractivity contribution < 1.29 is 21.9 Å². The molecule has 4 N–H and O–H groups in total. The molecule has 9 nitrogen and oxygen atoms in total. The van der Waals surface area contributed by atoms with E-state index in [9.17, 15) is 17.8 Å². The van der Waals surface area contributed by atoms with Crippen molar-refractivity contribution in [2.24, 2.45) is 45.0 Å². The van der Waals surface area contributed by atoms with E-state index in [4.69, 9.17) is 15.7 Å². The minimum atomic E-state index is -4.75. The van der Waals surface area contributed by atoms with Crippen LogP contribution in [-0.2, 0) is 19.4 Å². The van der Waals surface area contributed by atoms with Crippen molar-refractivity contribution in [3.05, 3.63) is 23.3 Å². The normalized spacial score (nSPS) is 27.1. The number of carbonyl (C=O) groups excluding carboxylic acids is 1. The van der Waals surface area contributed by atoms with E-state index in [1.54, 1.807) is 5.57 Å². The minimum absolute atomic E-state index is 0.0564. The molecule has 0 radical (unpaired) electrons. The highest BCUT2D eigenvalue weighted by molar-refractivity contribution is 7.80. The fraction of sp³-hybridized carbons (Fsp3) is 0.800. The number of hydrogen-bond acceptors (Lipinski definition) is 6. The lowest BCUT2D eigenvalue weighted by molar-refractivity contribution is -0.125. The van der Waals surface area contributed by atoms with Gasteiger partial charge in [-0.1, -0.05) is 45.4 Å². The van der Waals surface area contributed by atoms with E-state index >= 15 is 0 Å². The SMILES string of the molecule is C[C@H]1CC[C@H]2C(=CCCC2(C)C)[C@@]1(C)CCC(CCCC1=CCN(CCCCN=C(N)N)C1=O)COS(=O)(=O)[O-]. The number of fused-ring (bicyclic) bond motifs is 1. The lowest BCUT2D eigenvalue weighted by Gasteiger charge is -2.53. The van der Waals surface area contributed by atoms with Gasteiger partial charge in [0, 0.05) is 25.2 Å². The molecule has 0 aromatic rings. The number of hydrogen-bond donors (Lipinski definition) is 2. The standard InChI is InChI=1S/C30H52N4O5S/c1-22-12-13-25-26(11-8-16-29(25,2)3)30(22,4)17-14-23(21-39-40(36,37)38)9-7-10-24-15-20-34(27(24)35)19-6-5-18-33-28(31)32/h11,15,22-23,25H,5-10,12-14,16-21H2,1-4H3,(H4,31,32,33)(H,36,37,38)/p-1/t22-,23?,25-,30-/m0/s1. The van der Waals surface area contributed by atoms with Crippen LogP contribution in [0.4, 0.5) is 0 Å². The molecule has 10 heteroatoms. The maximum Gasteiger partial charge on any atom is 0.249 e. The van der Waals surface area contributed by atoms with E-state index < -0.39 is 10.4 Å². The number of allylic oxidation sites excluding steroid dienone is 2. The van der Waals surface area contributed by atoms with Gasteiger partial charge in [0.1, 0.15) is 0 Å². The Morgan fingerprint density at radius 3 is 2.62 bits per heavy atom. The molecule has 2 aliphatic carbocycles. The Balaban J connectivity index is 1.55. The van der Waals surface area contributed by atoms with E-state index in [1.165, 1.54) is 19.3 Å². The van der Waals surface area contributed by atoms with Crippen LogP contribution in [0.15, 0.2) is 28.3 Å². The van der Waals surface area contributed by atoms with Crippen molar-refractivity contribution in [1.29, 1.82) is 0 Å². The molecule has 228 valence electrons. The largest absolute Gasteiger partial charge is 0.726 e. The summed E-state index contributed by atoms with van der Waals surface area (Å²) in [4.78, 5) is 18.7. The molecule has 1 fully saturated rings. The smallest absolute Gasteiger partial charge is 0.249 e. The second kappa shape index (κ2) is 13.8. The molecule has 1 unspecified atom stereocenters. The van der Waals surface area contributed by atoms with Crippen LogP contribution in [0.5, 0.6) is 0 Å². The molecule has 0 aromatic carbocycles.